The van der Waals surface area contributed by atoms with Gasteiger partial charge in [-0.2, -0.15) is 17.6 Å². The van der Waals surface area contributed by atoms with E-state index in [9.17, 15) is 22.7 Å². The minimum absolute atomic E-state index is 0.131. The van der Waals surface area contributed by atoms with Crippen LogP contribution in [0.2, 0.25) is 0 Å². The maximum atomic E-state index is 13.3. The molecule has 0 atom stereocenters. The normalized spacial score (nSPS) is 12.9. The summed E-state index contributed by atoms with van der Waals surface area (Å²) in [5.74, 6) is -4.49. The molecule has 0 aliphatic carbocycles. The van der Waals surface area contributed by atoms with Crippen molar-refractivity contribution in [3.63, 3.8) is 0 Å². The highest BCUT2D eigenvalue weighted by molar-refractivity contribution is 9.10. The number of hydrogen-bond donors (Lipinski definition) is 1. The van der Waals surface area contributed by atoms with Crippen molar-refractivity contribution in [2.75, 3.05) is 0 Å². The first-order valence-corrected chi connectivity index (χ1v) is 5.12. The molecule has 6 heteroatoms. The van der Waals surface area contributed by atoms with Crippen LogP contribution in [-0.4, -0.2) is 9.94 Å². The van der Waals surface area contributed by atoms with E-state index in [0.717, 1.165) is 12.1 Å². The smallest absolute Gasteiger partial charge is 0.367 e. The van der Waals surface area contributed by atoms with Gasteiger partial charge in [0, 0.05) is 5.56 Å². The Bertz CT molecular complexity index is 389. The Labute approximate surface area is 98.2 Å². The molecule has 0 heterocycles. The van der Waals surface area contributed by atoms with Crippen molar-refractivity contribution in [3.05, 3.63) is 28.8 Å². The number of phenolic OH excluding ortho intramolecular Hbond substituents is 1. The van der Waals surface area contributed by atoms with Crippen LogP contribution >= 0.6 is 15.9 Å². The van der Waals surface area contributed by atoms with Crippen molar-refractivity contribution in [2.45, 2.75) is 24.6 Å². The Morgan fingerprint density at radius 1 is 1.06 bits per heavy atom. The Hall–Kier alpha value is -0.780. The number of aromatic hydroxyl groups is 1. The Kier molecular flexibility index (Phi) is 3.24. The van der Waals surface area contributed by atoms with E-state index in [1.807, 2.05) is 0 Å². The lowest BCUT2D eigenvalue weighted by Crippen LogP contribution is -2.32. The van der Waals surface area contributed by atoms with E-state index in [0.29, 0.717) is 0 Å². The zero-order chi connectivity index (χ0) is 12.7. The molecule has 0 saturated heterocycles. The highest BCUT2D eigenvalue weighted by Gasteiger charge is 2.55. The van der Waals surface area contributed by atoms with Gasteiger partial charge in [-0.1, -0.05) is 0 Å². The molecule has 90 valence electrons. The molecule has 1 N–H and O–H groups in total. The molecule has 0 bridgehead atoms. The average molecular weight is 301 g/mol. The van der Waals surface area contributed by atoms with Gasteiger partial charge in [0.1, 0.15) is 5.75 Å². The van der Waals surface area contributed by atoms with Crippen LogP contribution in [0.25, 0.3) is 0 Å². The SMILES string of the molecule is Cc1cc(C(F)(F)C(F)(F)Br)cc(C)c1O. The maximum absolute atomic E-state index is 13.3. The highest BCUT2D eigenvalue weighted by Crippen LogP contribution is 2.47. The van der Waals surface area contributed by atoms with Crippen LogP contribution in [0.15, 0.2) is 12.1 Å². The van der Waals surface area contributed by atoms with E-state index in [1.165, 1.54) is 13.8 Å². The highest BCUT2D eigenvalue weighted by atomic mass is 79.9. The number of phenols is 1. The first-order valence-electron chi connectivity index (χ1n) is 4.32. The second-order valence-corrected chi connectivity index (χ2v) is 4.53. The van der Waals surface area contributed by atoms with Crippen molar-refractivity contribution in [3.8, 4) is 5.75 Å². The molecule has 0 saturated carbocycles. The van der Waals surface area contributed by atoms with Gasteiger partial charge in [0.2, 0.25) is 0 Å². The van der Waals surface area contributed by atoms with Gasteiger partial charge >= 0.3 is 10.8 Å². The predicted molar refractivity (Wildman–Crippen MR) is 55.3 cm³/mol. The zero-order valence-corrected chi connectivity index (χ0v) is 10.1. The molecule has 0 fully saturated rings. The van der Waals surface area contributed by atoms with E-state index in [4.69, 9.17) is 0 Å². The summed E-state index contributed by atoms with van der Waals surface area (Å²) in [5, 5.41) is 9.36. The molecule has 1 aromatic rings. The zero-order valence-electron chi connectivity index (χ0n) is 8.49. The average Bonchev–Trinajstić information content (AvgIpc) is 2.11. The number of aryl methyl sites for hydroxylation is 2. The monoisotopic (exact) mass is 300 g/mol. The molecule has 0 unspecified atom stereocenters. The van der Waals surface area contributed by atoms with E-state index in [2.05, 4.69) is 0 Å². The number of benzene rings is 1. The largest absolute Gasteiger partial charge is 0.507 e. The van der Waals surface area contributed by atoms with Crippen molar-refractivity contribution in [1.29, 1.82) is 0 Å². The van der Waals surface area contributed by atoms with Crippen LogP contribution in [0.1, 0.15) is 16.7 Å². The first-order chi connectivity index (χ1) is 7.07. The predicted octanol–water partition coefficient (Wildman–Crippen LogP) is 4.09. The molecule has 0 amide bonds. The summed E-state index contributed by atoms with van der Waals surface area (Å²) >= 11 is 1.66. The molecular formula is C10H9BrF4O. The Balaban J connectivity index is 3.35. The Morgan fingerprint density at radius 3 is 1.75 bits per heavy atom. The number of halogens is 5. The summed E-state index contributed by atoms with van der Waals surface area (Å²) in [6.45, 7) is 2.74. The summed E-state index contributed by atoms with van der Waals surface area (Å²) in [5.41, 5.74) is -0.569. The van der Waals surface area contributed by atoms with Crippen LogP contribution < -0.4 is 0 Å². The van der Waals surface area contributed by atoms with Gasteiger partial charge in [-0.05, 0) is 53.0 Å². The lowest BCUT2D eigenvalue weighted by molar-refractivity contribution is -0.154. The van der Waals surface area contributed by atoms with Crippen LogP contribution in [0.4, 0.5) is 17.6 Å². The van der Waals surface area contributed by atoms with E-state index in [-0.39, 0.29) is 16.9 Å². The van der Waals surface area contributed by atoms with Crippen LogP contribution in [0.3, 0.4) is 0 Å². The third-order valence-electron chi connectivity index (χ3n) is 2.21. The second-order valence-electron chi connectivity index (χ2n) is 3.53. The summed E-state index contributed by atoms with van der Waals surface area (Å²) in [7, 11) is 0. The lowest BCUT2D eigenvalue weighted by atomic mass is 10.0. The number of alkyl halides is 5. The third kappa shape index (κ3) is 2.16. The fraction of sp³-hybridized carbons (Fsp3) is 0.400. The second kappa shape index (κ2) is 3.91. The molecular weight excluding hydrogens is 292 g/mol. The molecule has 16 heavy (non-hydrogen) atoms. The fourth-order valence-corrected chi connectivity index (χ4v) is 1.53. The van der Waals surface area contributed by atoms with Gasteiger partial charge < -0.3 is 5.11 Å². The van der Waals surface area contributed by atoms with Crippen molar-refractivity contribution in [1.82, 2.24) is 0 Å². The summed E-state index contributed by atoms with van der Waals surface area (Å²) < 4.78 is 51.9. The molecule has 1 nitrogen and oxygen atoms in total. The van der Waals surface area contributed by atoms with Crippen LogP contribution in [-0.2, 0) is 5.92 Å². The standard InChI is InChI=1S/C10H9BrF4O/c1-5-3-7(4-6(2)8(5)16)9(12,13)10(11,14)15/h3-4,16H,1-2H3. The number of hydrogen-bond acceptors (Lipinski definition) is 1. The third-order valence-corrected chi connectivity index (χ3v) is 2.71. The molecule has 0 aliphatic rings. The van der Waals surface area contributed by atoms with Gasteiger partial charge in [-0.15, -0.1) is 0 Å². The summed E-state index contributed by atoms with van der Waals surface area (Å²) in [6, 6.07) is 1.69. The summed E-state index contributed by atoms with van der Waals surface area (Å²) in [4.78, 5) is -4.32. The quantitative estimate of drug-likeness (QED) is 0.644. The van der Waals surface area contributed by atoms with Crippen molar-refractivity contribution < 1.29 is 22.7 Å². The van der Waals surface area contributed by atoms with Crippen molar-refractivity contribution in [2.24, 2.45) is 0 Å². The molecule has 1 aromatic carbocycles. The molecule has 0 aliphatic heterocycles. The van der Waals surface area contributed by atoms with Gasteiger partial charge in [0.05, 0.1) is 0 Å². The van der Waals surface area contributed by atoms with Gasteiger partial charge in [-0.3, -0.25) is 0 Å². The minimum atomic E-state index is -4.32. The van der Waals surface area contributed by atoms with E-state index >= 15 is 0 Å². The topological polar surface area (TPSA) is 20.2 Å². The molecule has 1 rings (SSSR count). The molecule has 0 radical (unpaired) electrons. The van der Waals surface area contributed by atoms with Crippen molar-refractivity contribution >= 4 is 15.9 Å². The van der Waals surface area contributed by atoms with Gasteiger partial charge in [-0.25, -0.2) is 0 Å². The van der Waals surface area contributed by atoms with E-state index in [1.54, 1.807) is 15.9 Å². The molecule has 0 aromatic heterocycles. The van der Waals surface area contributed by atoms with E-state index < -0.39 is 16.3 Å². The van der Waals surface area contributed by atoms with Gasteiger partial charge in [0.25, 0.3) is 0 Å². The molecule has 0 spiro atoms. The minimum Gasteiger partial charge on any atom is -0.507 e. The summed E-state index contributed by atoms with van der Waals surface area (Å²) in [6.07, 6.45) is 0. The Morgan fingerprint density at radius 2 is 1.44 bits per heavy atom. The number of rotatable bonds is 2. The first kappa shape index (κ1) is 13.3. The lowest BCUT2D eigenvalue weighted by Gasteiger charge is -2.22. The van der Waals surface area contributed by atoms with Gasteiger partial charge in [0.15, 0.2) is 0 Å². The maximum Gasteiger partial charge on any atom is 0.367 e. The van der Waals surface area contributed by atoms with Crippen LogP contribution in [0.5, 0.6) is 5.75 Å². The fourth-order valence-electron chi connectivity index (χ4n) is 1.30. The van der Waals surface area contributed by atoms with Crippen LogP contribution in [0, 0.1) is 13.8 Å².